The van der Waals surface area contributed by atoms with Crippen molar-refractivity contribution in [3.63, 3.8) is 0 Å². The molecule has 3 atom stereocenters. The molecule has 10 heteroatoms. The number of nitrogens with one attached hydrogen (secondary N) is 2. The van der Waals surface area contributed by atoms with Gasteiger partial charge in [0.2, 0.25) is 6.29 Å². The maximum Gasteiger partial charge on any atom is 0.286 e. The van der Waals surface area contributed by atoms with E-state index in [1.54, 1.807) is 10.8 Å². The summed E-state index contributed by atoms with van der Waals surface area (Å²) in [7, 11) is 1.85. The number of benzene rings is 2. The van der Waals surface area contributed by atoms with Crippen LogP contribution in [-0.4, -0.2) is 49.8 Å². The Hall–Kier alpha value is -4.15. The van der Waals surface area contributed by atoms with Crippen molar-refractivity contribution in [3.8, 4) is 5.69 Å². The fourth-order valence-electron chi connectivity index (χ4n) is 5.41. The Balaban J connectivity index is 1.51. The zero-order valence-corrected chi connectivity index (χ0v) is 23.0. The molecule has 0 saturated carbocycles. The number of carbonyl (C=O) groups excluding carboxylic acids is 1. The monoisotopic (exact) mass is 545 g/mol. The van der Waals surface area contributed by atoms with E-state index < -0.39 is 18.1 Å². The predicted octanol–water partition coefficient (Wildman–Crippen LogP) is 3.43. The third-order valence-electron chi connectivity index (χ3n) is 7.42. The molecule has 5 rings (SSSR count). The number of fused-ring (bicyclic) bond motifs is 1. The van der Waals surface area contributed by atoms with Gasteiger partial charge < -0.3 is 24.9 Å². The third-order valence-corrected chi connectivity index (χ3v) is 7.42. The van der Waals surface area contributed by atoms with Crippen molar-refractivity contribution in [1.82, 2.24) is 24.6 Å². The van der Waals surface area contributed by atoms with E-state index in [-0.39, 0.29) is 30.4 Å². The molecule has 0 saturated heterocycles. The lowest BCUT2D eigenvalue weighted by atomic mass is 9.80. The highest BCUT2D eigenvalue weighted by atomic mass is 16.7. The number of aromatic nitrogens is 4. The highest BCUT2D eigenvalue weighted by molar-refractivity contribution is 5.91. The van der Waals surface area contributed by atoms with Crippen LogP contribution in [0.1, 0.15) is 42.8 Å². The fourth-order valence-corrected chi connectivity index (χ4v) is 5.41. The number of H-pyrrole nitrogens is 1. The van der Waals surface area contributed by atoms with Gasteiger partial charge in [-0.3, -0.25) is 14.3 Å². The fraction of sp³-hybridized carbons (Fsp3) is 0.367. The van der Waals surface area contributed by atoms with Gasteiger partial charge in [-0.05, 0) is 57.0 Å². The molecule has 0 spiro atoms. The van der Waals surface area contributed by atoms with Crippen molar-refractivity contribution in [2.75, 3.05) is 13.2 Å². The van der Waals surface area contributed by atoms with E-state index >= 15 is 0 Å². The number of hydrogen-bond donors (Lipinski definition) is 3. The van der Waals surface area contributed by atoms with Crippen LogP contribution in [0.2, 0.25) is 0 Å². The molecule has 0 bridgehead atoms. The molecule has 0 aliphatic carbocycles. The maximum absolute atomic E-state index is 13.9. The first-order valence-electron chi connectivity index (χ1n) is 13.6. The molecule has 1 aliphatic heterocycles. The van der Waals surface area contributed by atoms with Gasteiger partial charge in [0.05, 0.1) is 23.3 Å². The molecule has 0 unspecified atom stereocenters. The van der Waals surface area contributed by atoms with Gasteiger partial charge in [0.1, 0.15) is 5.82 Å². The molecular formula is C30H35N5O5. The number of aromatic amines is 1. The molecule has 210 valence electrons. The van der Waals surface area contributed by atoms with Crippen LogP contribution >= 0.6 is 0 Å². The van der Waals surface area contributed by atoms with Crippen LogP contribution in [0.4, 0.5) is 0 Å². The number of allylic oxidation sites excluding steroid dienone is 1. The van der Waals surface area contributed by atoms with E-state index in [9.17, 15) is 14.7 Å². The summed E-state index contributed by atoms with van der Waals surface area (Å²) in [5.74, 6) is -0.458. The molecule has 0 fully saturated rings. The van der Waals surface area contributed by atoms with Gasteiger partial charge in [-0.2, -0.15) is 0 Å². The largest absolute Gasteiger partial charge is 0.459 e. The Morgan fingerprint density at radius 2 is 1.93 bits per heavy atom. The van der Waals surface area contributed by atoms with Gasteiger partial charge >= 0.3 is 0 Å². The van der Waals surface area contributed by atoms with Crippen molar-refractivity contribution < 1.29 is 19.4 Å². The number of nitrogens with zero attached hydrogens (tertiary/aromatic N) is 3. The molecule has 3 heterocycles. The molecule has 4 aromatic rings. The normalized spacial score (nSPS) is 18.9. The Morgan fingerprint density at radius 1 is 1.18 bits per heavy atom. The average molecular weight is 546 g/mol. The number of rotatable bonds is 10. The van der Waals surface area contributed by atoms with E-state index in [1.165, 1.54) is 0 Å². The standard InChI is InChI=1S/C30H35N5O5/c1-4-39-30-21(13-10-16-36)22(27-19(2)34(3)35(29(27)38)20-11-6-5-7-12-20)17-25(40-30)28(37)31-18-26-32-23-14-8-9-15-24(23)33-26/h5-9,11-12,14-15,17,21-22,30,36H,4,10,13,16,18H2,1-3H3,(H,31,37)(H,32,33)/t21-,22+,30-/m1/s1. The lowest BCUT2D eigenvalue weighted by Crippen LogP contribution is -2.40. The number of aliphatic hydroxyl groups is 1. The Morgan fingerprint density at radius 3 is 2.65 bits per heavy atom. The van der Waals surface area contributed by atoms with Crippen LogP contribution < -0.4 is 10.9 Å². The predicted molar refractivity (Wildman–Crippen MR) is 151 cm³/mol. The highest BCUT2D eigenvalue weighted by Crippen LogP contribution is 2.39. The molecule has 1 amide bonds. The second-order valence-electron chi connectivity index (χ2n) is 9.89. The van der Waals surface area contributed by atoms with Crippen molar-refractivity contribution in [1.29, 1.82) is 0 Å². The van der Waals surface area contributed by atoms with E-state index in [0.717, 1.165) is 22.4 Å². The third kappa shape index (κ3) is 5.32. The minimum atomic E-state index is -0.761. The van der Waals surface area contributed by atoms with Gasteiger partial charge in [0.15, 0.2) is 5.76 Å². The number of aliphatic hydroxyl groups excluding tert-OH is 1. The van der Waals surface area contributed by atoms with Gasteiger partial charge in [0, 0.05) is 43.4 Å². The summed E-state index contributed by atoms with van der Waals surface area (Å²) in [6, 6.07) is 17.1. The van der Waals surface area contributed by atoms with E-state index in [0.29, 0.717) is 30.8 Å². The molecule has 1 aliphatic rings. The maximum atomic E-state index is 13.9. The second kappa shape index (κ2) is 11.9. The summed E-state index contributed by atoms with van der Waals surface area (Å²) in [5, 5.41) is 12.5. The number of para-hydroxylation sites is 3. The van der Waals surface area contributed by atoms with Gasteiger partial charge in [-0.15, -0.1) is 0 Å². The summed E-state index contributed by atoms with van der Waals surface area (Å²) in [4.78, 5) is 35.0. The average Bonchev–Trinajstić information content (AvgIpc) is 3.48. The summed E-state index contributed by atoms with van der Waals surface area (Å²) >= 11 is 0. The van der Waals surface area contributed by atoms with Crippen molar-refractivity contribution in [2.45, 2.75) is 45.4 Å². The summed E-state index contributed by atoms with van der Waals surface area (Å²) in [6.07, 6.45) is 2.02. The van der Waals surface area contributed by atoms with Gasteiger partial charge in [0.25, 0.3) is 11.5 Å². The second-order valence-corrected chi connectivity index (χ2v) is 9.89. The first-order chi connectivity index (χ1) is 19.4. The topological polar surface area (TPSA) is 123 Å². The smallest absolute Gasteiger partial charge is 0.286 e. The van der Waals surface area contributed by atoms with Crippen LogP contribution in [0.3, 0.4) is 0 Å². The van der Waals surface area contributed by atoms with Crippen LogP contribution in [0.25, 0.3) is 16.7 Å². The van der Waals surface area contributed by atoms with Gasteiger partial charge in [-0.25, -0.2) is 9.67 Å². The molecular weight excluding hydrogens is 510 g/mol. The Kier molecular flexibility index (Phi) is 8.18. The van der Waals surface area contributed by atoms with Crippen LogP contribution in [0, 0.1) is 12.8 Å². The lowest BCUT2D eigenvalue weighted by molar-refractivity contribution is -0.166. The van der Waals surface area contributed by atoms with Crippen molar-refractivity contribution >= 4 is 16.9 Å². The molecule has 2 aromatic carbocycles. The number of ether oxygens (including phenoxy) is 2. The van der Waals surface area contributed by atoms with Gasteiger partial charge in [-0.1, -0.05) is 30.3 Å². The minimum Gasteiger partial charge on any atom is -0.459 e. The van der Waals surface area contributed by atoms with Crippen LogP contribution in [0.15, 0.2) is 71.2 Å². The SMILES string of the molecule is CCO[C@@H]1OC(C(=O)NCc2nc3ccccc3[nH]2)=C[C@H](c2c(C)n(C)n(-c3ccccc3)c2=O)[C@H]1CCCO. The van der Waals surface area contributed by atoms with E-state index in [1.807, 2.05) is 80.2 Å². The lowest BCUT2D eigenvalue weighted by Gasteiger charge is -2.36. The number of carbonyl (C=O) groups is 1. The van der Waals surface area contributed by atoms with E-state index in [4.69, 9.17) is 9.47 Å². The first kappa shape index (κ1) is 27.4. The number of imidazole rings is 1. The van der Waals surface area contributed by atoms with Crippen LogP contribution in [-0.2, 0) is 27.9 Å². The molecule has 40 heavy (non-hydrogen) atoms. The zero-order chi connectivity index (χ0) is 28.2. The van der Waals surface area contributed by atoms with Crippen LogP contribution in [0.5, 0.6) is 0 Å². The number of amides is 1. The Bertz CT molecular complexity index is 1540. The van der Waals surface area contributed by atoms with E-state index in [2.05, 4.69) is 15.3 Å². The minimum absolute atomic E-state index is 0.00135. The molecule has 0 radical (unpaired) electrons. The summed E-state index contributed by atoms with van der Waals surface area (Å²) in [6.45, 7) is 4.30. The molecule has 10 nitrogen and oxygen atoms in total. The Labute approximate surface area is 232 Å². The van der Waals surface area contributed by atoms with Crippen molar-refractivity contribution in [3.05, 3.63) is 93.9 Å². The molecule has 3 N–H and O–H groups in total. The van der Waals surface area contributed by atoms with Crippen molar-refractivity contribution in [2.24, 2.45) is 13.0 Å². The summed E-state index contributed by atoms with van der Waals surface area (Å²) < 4.78 is 15.5. The summed E-state index contributed by atoms with van der Waals surface area (Å²) in [5.41, 5.74) is 3.64. The molecule has 2 aromatic heterocycles. The zero-order valence-electron chi connectivity index (χ0n) is 23.0. The highest BCUT2D eigenvalue weighted by Gasteiger charge is 2.40. The quantitative estimate of drug-likeness (QED) is 0.281. The first-order valence-corrected chi connectivity index (χ1v) is 13.6. The number of hydrogen-bond acceptors (Lipinski definition) is 6.